The Bertz CT molecular complexity index is 492. The third-order valence-electron chi connectivity index (χ3n) is 3.69. The number of carboxylic acid groups (broad SMARTS) is 1. The van der Waals surface area contributed by atoms with Gasteiger partial charge in [-0.15, -0.1) is 0 Å². The molecule has 4 nitrogen and oxygen atoms in total. The monoisotopic (exact) mass is 261 g/mol. The number of nitrogens with one attached hydrogen (secondary N) is 1. The van der Waals surface area contributed by atoms with Crippen LogP contribution in [0.15, 0.2) is 24.3 Å². The molecule has 0 aromatic heterocycles. The number of benzene rings is 1. The van der Waals surface area contributed by atoms with Crippen molar-refractivity contribution in [2.24, 2.45) is 5.41 Å². The second-order valence-corrected chi connectivity index (χ2v) is 5.59. The van der Waals surface area contributed by atoms with Crippen LogP contribution in [0.2, 0.25) is 0 Å². The molecule has 0 radical (unpaired) electrons. The fourth-order valence-corrected chi connectivity index (χ4v) is 2.03. The van der Waals surface area contributed by atoms with Crippen LogP contribution in [-0.2, 0) is 11.2 Å². The maximum atomic E-state index is 11.7. The van der Waals surface area contributed by atoms with E-state index in [1.54, 1.807) is 18.2 Å². The van der Waals surface area contributed by atoms with E-state index in [1.807, 2.05) is 0 Å². The summed E-state index contributed by atoms with van der Waals surface area (Å²) >= 11 is 0. The molecule has 102 valence electrons. The summed E-state index contributed by atoms with van der Waals surface area (Å²) in [6.45, 7) is 2.93. The fraction of sp³-hybridized carbons (Fsp3) is 0.467. The van der Waals surface area contributed by atoms with Gasteiger partial charge in [-0.1, -0.05) is 19.1 Å². The zero-order valence-corrected chi connectivity index (χ0v) is 11.1. The first kappa shape index (κ1) is 13.6. The predicted molar refractivity (Wildman–Crippen MR) is 72.1 cm³/mol. The van der Waals surface area contributed by atoms with E-state index in [0.29, 0.717) is 12.0 Å². The number of carbonyl (C=O) groups is 2. The highest BCUT2D eigenvalue weighted by Gasteiger charge is 2.36. The van der Waals surface area contributed by atoms with Gasteiger partial charge in [0.15, 0.2) is 0 Å². The van der Waals surface area contributed by atoms with Crippen molar-refractivity contribution in [1.29, 1.82) is 0 Å². The Morgan fingerprint density at radius 2 is 2.11 bits per heavy atom. The number of hydrogen-bond acceptors (Lipinski definition) is 2. The van der Waals surface area contributed by atoms with Crippen LogP contribution in [0.4, 0.5) is 0 Å². The summed E-state index contributed by atoms with van der Waals surface area (Å²) in [5, 5.41) is 11.8. The molecule has 2 N–H and O–H groups in total. The van der Waals surface area contributed by atoms with Gasteiger partial charge < -0.3 is 10.4 Å². The highest BCUT2D eigenvalue weighted by molar-refractivity contribution is 5.88. The molecule has 1 aliphatic carbocycles. The lowest BCUT2D eigenvalue weighted by Crippen LogP contribution is -2.27. The number of carbonyl (C=O) groups excluding carboxylic acids is 1. The van der Waals surface area contributed by atoms with Gasteiger partial charge in [-0.2, -0.15) is 0 Å². The van der Waals surface area contributed by atoms with Crippen molar-refractivity contribution < 1.29 is 14.7 Å². The van der Waals surface area contributed by atoms with Crippen LogP contribution in [0, 0.1) is 5.41 Å². The summed E-state index contributed by atoms with van der Waals surface area (Å²) in [7, 11) is 0. The minimum Gasteiger partial charge on any atom is -0.478 e. The van der Waals surface area contributed by atoms with E-state index in [2.05, 4.69) is 12.2 Å². The van der Waals surface area contributed by atoms with Gasteiger partial charge in [0.1, 0.15) is 0 Å². The van der Waals surface area contributed by atoms with Crippen LogP contribution in [0.3, 0.4) is 0 Å². The van der Waals surface area contributed by atoms with Crippen LogP contribution in [0.5, 0.6) is 0 Å². The lowest BCUT2D eigenvalue weighted by atomic mass is 10.1. The average molecular weight is 261 g/mol. The Balaban J connectivity index is 1.81. The Labute approximate surface area is 112 Å². The summed E-state index contributed by atoms with van der Waals surface area (Å²) in [6, 6.07) is 6.51. The Morgan fingerprint density at radius 1 is 1.37 bits per heavy atom. The van der Waals surface area contributed by atoms with Gasteiger partial charge in [0, 0.05) is 6.54 Å². The van der Waals surface area contributed by atoms with Gasteiger partial charge in [-0.05, 0) is 42.4 Å². The lowest BCUT2D eigenvalue weighted by Gasteiger charge is -2.09. The largest absolute Gasteiger partial charge is 0.478 e. The van der Waals surface area contributed by atoms with E-state index in [-0.39, 0.29) is 17.9 Å². The molecule has 0 atom stereocenters. The van der Waals surface area contributed by atoms with Gasteiger partial charge in [0.05, 0.1) is 12.0 Å². The normalized spacial score (nSPS) is 15.8. The number of hydrogen-bond donors (Lipinski definition) is 2. The van der Waals surface area contributed by atoms with Crippen molar-refractivity contribution in [2.45, 2.75) is 32.6 Å². The molecule has 0 bridgehead atoms. The molecule has 1 fully saturated rings. The quantitative estimate of drug-likeness (QED) is 0.825. The minimum atomic E-state index is -0.969. The van der Waals surface area contributed by atoms with E-state index >= 15 is 0 Å². The van der Waals surface area contributed by atoms with Crippen LogP contribution in [0.25, 0.3) is 0 Å². The van der Waals surface area contributed by atoms with E-state index in [9.17, 15) is 9.59 Å². The molecule has 0 saturated heterocycles. The molecule has 1 aliphatic rings. The highest BCUT2D eigenvalue weighted by atomic mass is 16.4. The molecule has 0 heterocycles. The first-order chi connectivity index (χ1) is 8.98. The van der Waals surface area contributed by atoms with Crippen molar-refractivity contribution in [2.75, 3.05) is 6.54 Å². The Morgan fingerprint density at radius 3 is 2.74 bits per heavy atom. The van der Waals surface area contributed by atoms with Gasteiger partial charge >= 0.3 is 5.97 Å². The molecule has 4 heteroatoms. The molecule has 19 heavy (non-hydrogen) atoms. The topological polar surface area (TPSA) is 66.4 Å². The maximum absolute atomic E-state index is 11.7. The van der Waals surface area contributed by atoms with Crippen LogP contribution in [0.1, 0.15) is 42.1 Å². The second kappa shape index (κ2) is 5.43. The van der Waals surface area contributed by atoms with Gasteiger partial charge in [-0.3, -0.25) is 4.79 Å². The van der Waals surface area contributed by atoms with Crippen molar-refractivity contribution in [3.63, 3.8) is 0 Å². The molecular weight excluding hydrogens is 242 g/mol. The van der Waals surface area contributed by atoms with E-state index in [1.165, 1.54) is 18.9 Å². The van der Waals surface area contributed by atoms with Gasteiger partial charge in [-0.25, -0.2) is 4.79 Å². The Hall–Kier alpha value is -1.84. The molecule has 0 spiro atoms. The summed E-state index contributed by atoms with van der Waals surface area (Å²) < 4.78 is 0. The van der Waals surface area contributed by atoms with Crippen LogP contribution in [-0.4, -0.2) is 23.5 Å². The van der Waals surface area contributed by atoms with Crippen molar-refractivity contribution in [3.8, 4) is 0 Å². The zero-order chi connectivity index (χ0) is 13.9. The second-order valence-electron chi connectivity index (χ2n) is 5.59. The number of rotatable bonds is 6. The van der Waals surface area contributed by atoms with Crippen molar-refractivity contribution in [3.05, 3.63) is 35.4 Å². The average Bonchev–Trinajstić information content (AvgIpc) is 3.07. The smallest absolute Gasteiger partial charge is 0.335 e. The summed E-state index contributed by atoms with van der Waals surface area (Å²) in [6.07, 6.45) is 3.76. The molecule has 2 rings (SSSR count). The molecule has 1 aromatic rings. The van der Waals surface area contributed by atoms with Crippen molar-refractivity contribution in [1.82, 2.24) is 5.32 Å². The molecule has 1 aromatic carbocycles. The van der Waals surface area contributed by atoms with Gasteiger partial charge in [0.2, 0.25) is 5.91 Å². The number of amides is 1. The molecule has 0 unspecified atom stereocenters. The molecular formula is C15H19NO3. The first-order valence-corrected chi connectivity index (χ1v) is 6.57. The lowest BCUT2D eigenvalue weighted by molar-refractivity contribution is -0.120. The maximum Gasteiger partial charge on any atom is 0.335 e. The van der Waals surface area contributed by atoms with Crippen LogP contribution >= 0.6 is 0 Å². The van der Waals surface area contributed by atoms with E-state index in [0.717, 1.165) is 12.0 Å². The van der Waals surface area contributed by atoms with Crippen molar-refractivity contribution >= 4 is 11.9 Å². The molecule has 1 amide bonds. The van der Waals surface area contributed by atoms with E-state index in [4.69, 9.17) is 5.11 Å². The number of carboxylic acids is 1. The van der Waals surface area contributed by atoms with Crippen LogP contribution < -0.4 is 5.32 Å². The highest BCUT2D eigenvalue weighted by Crippen LogP contribution is 2.47. The standard InChI is InChI=1S/C15H19NO3/c1-15(5-6-15)7-8-16-13(17)10-11-3-2-4-12(9-11)14(18)19/h2-4,9H,5-8,10H2,1H3,(H,16,17)(H,18,19). The summed E-state index contributed by atoms with van der Waals surface area (Å²) in [5.41, 5.74) is 1.39. The zero-order valence-electron chi connectivity index (χ0n) is 11.1. The first-order valence-electron chi connectivity index (χ1n) is 6.57. The summed E-state index contributed by atoms with van der Waals surface area (Å²) in [4.78, 5) is 22.6. The predicted octanol–water partition coefficient (Wildman–Crippen LogP) is 2.23. The third kappa shape index (κ3) is 4.09. The molecule has 1 saturated carbocycles. The SMILES string of the molecule is CC1(CCNC(=O)Cc2cccc(C(=O)O)c2)CC1. The Kier molecular flexibility index (Phi) is 3.88. The van der Waals surface area contributed by atoms with Gasteiger partial charge in [0.25, 0.3) is 0 Å². The summed E-state index contributed by atoms with van der Waals surface area (Å²) in [5.74, 6) is -1.02. The fourth-order valence-electron chi connectivity index (χ4n) is 2.03. The molecule has 0 aliphatic heterocycles. The minimum absolute atomic E-state index is 0.0493. The third-order valence-corrected chi connectivity index (χ3v) is 3.69. The number of aromatic carboxylic acids is 1. The van der Waals surface area contributed by atoms with E-state index < -0.39 is 5.97 Å².